The van der Waals surface area contributed by atoms with Crippen molar-refractivity contribution in [3.05, 3.63) is 0 Å². The standard InChI is InChI=1S/C6H12.C2H4O2.CH4O/c1-2-4-6-5-3-1;1-2(3)4;1-2/h1-6H2;1H3,(H,3,4);2H,1H3. The van der Waals surface area contributed by atoms with Crippen molar-refractivity contribution in [1.29, 1.82) is 0 Å². The molecule has 0 aromatic rings. The Kier molecular flexibility index (Phi) is 15.2. The molecular weight excluding hydrogens is 156 g/mol. The van der Waals surface area contributed by atoms with Crippen molar-refractivity contribution in [1.82, 2.24) is 0 Å². The summed E-state index contributed by atoms with van der Waals surface area (Å²) in [6.45, 7) is 1.08. The van der Waals surface area contributed by atoms with Crippen LogP contribution in [0.1, 0.15) is 45.4 Å². The lowest BCUT2D eigenvalue weighted by atomic mass is 10.0. The van der Waals surface area contributed by atoms with E-state index >= 15 is 0 Å². The van der Waals surface area contributed by atoms with Gasteiger partial charge in [0.2, 0.25) is 0 Å². The molecule has 0 amide bonds. The van der Waals surface area contributed by atoms with Gasteiger partial charge >= 0.3 is 0 Å². The SMILES string of the molecule is C1CCCCC1.CC(=O)O.CO. The van der Waals surface area contributed by atoms with Gasteiger partial charge in [0.05, 0.1) is 0 Å². The van der Waals surface area contributed by atoms with Crippen LogP contribution < -0.4 is 0 Å². The predicted molar refractivity (Wildman–Crippen MR) is 49.2 cm³/mol. The van der Waals surface area contributed by atoms with Gasteiger partial charge in [-0.3, -0.25) is 4.79 Å². The van der Waals surface area contributed by atoms with E-state index in [1.807, 2.05) is 0 Å². The molecule has 0 heterocycles. The van der Waals surface area contributed by atoms with Crippen LogP contribution in [0.3, 0.4) is 0 Å². The molecule has 0 saturated heterocycles. The van der Waals surface area contributed by atoms with Crippen LogP contribution in [0, 0.1) is 0 Å². The zero-order valence-corrected chi connectivity index (χ0v) is 8.05. The molecule has 74 valence electrons. The first kappa shape index (κ1) is 14.0. The molecule has 0 aromatic carbocycles. The number of aliphatic hydroxyl groups is 1. The number of hydrogen-bond acceptors (Lipinski definition) is 2. The molecule has 1 fully saturated rings. The zero-order valence-electron chi connectivity index (χ0n) is 8.05. The van der Waals surface area contributed by atoms with Crippen LogP contribution in [-0.2, 0) is 4.79 Å². The van der Waals surface area contributed by atoms with Crippen molar-refractivity contribution in [3.63, 3.8) is 0 Å². The van der Waals surface area contributed by atoms with Crippen molar-refractivity contribution in [2.24, 2.45) is 0 Å². The van der Waals surface area contributed by atoms with Crippen LogP contribution in [0.4, 0.5) is 0 Å². The van der Waals surface area contributed by atoms with Gasteiger partial charge in [-0.2, -0.15) is 0 Å². The van der Waals surface area contributed by atoms with Crippen molar-refractivity contribution in [3.8, 4) is 0 Å². The fraction of sp³-hybridized carbons (Fsp3) is 0.889. The lowest BCUT2D eigenvalue weighted by Crippen LogP contribution is -1.85. The molecule has 2 N–H and O–H groups in total. The molecule has 1 aliphatic rings. The van der Waals surface area contributed by atoms with Crippen molar-refractivity contribution >= 4 is 5.97 Å². The number of aliphatic hydroxyl groups excluding tert-OH is 1. The summed E-state index contributed by atoms with van der Waals surface area (Å²) in [6.07, 6.45) is 9.00. The summed E-state index contributed by atoms with van der Waals surface area (Å²) in [5, 5.41) is 14.4. The minimum Gasteiger partial charge on any atom is -0.481 e. The quantitative estimate of drug-likeness (QED) is 0.593. The van der Waals surface area contributed by atoms with Crippen LogP contribution in [0.2, 0.25) is 0 Å². The lowest BCUT2D eigenvalue weighted by molar-refractivity contribution is -0.134. The Labute approximate surface area is 74.4 Å². The molecular formula is C9H20O3. The van der Waals surface area contributed by atoms with E-state index in [9.17, 15) is 0 Å². The molecule has 0 aromatic heterocycles. The maximum absolute atomic E-state index is 9.00. The third-order valence-electron chi connectivity index (χ3n) is 1.50. The molecule has 3 heteroatoms. The lowest BCUT2D eigenvalue weighted by Gasteiger charge is -2.05. The van der Waals surface area contributed by atoms with Crippen LogP contribution in [-0.4, -0.2) is 23.3 Å². The fourth-order valence-electron chi connectivity index (χ4n) is 1.06. The molecule has 0 bridgehead atoms. The Morgan fingerprint density at radius 1 is 0.917 bits per heavy atom. The van der Waals surface area contributed by atoms with Crippen molar-refractivity contribution < 1.29 is 15.0 Å². The highest BCUT2D eigenvalue weighted by molar-refractivity contribution is 5.62. The molecule has 0 spiro atoms. The fourth-order valence-corrected chi connectivity index (χ4v) is 1.06. The van der Waals surface area contributed by atoms with Gasteiger partial charge in [0.15, 0.2) is 0 Å². The first-order chi connectivity index (χ1) is 5.73. The Balaban J connectivity index is 0. The minimum atomic E-state index is -0.833. The maximum atomic E-state index is 9.00. The number of carboxylic acids is 1. The van der Waals surface area contributed by atoms with Gasteiger partial charge in [0, 0.05) is 14.0 Å². The second-order valence-corrected chi connectivity index (χ2v) is 2.64. The molecule has 0 radical (unpaired) electrons. The van der Waals surface area contributed by atoms with E-state index in [0.717, 1.165) is 14.0 Å². The monoisotopic (exact) mass is 176 g/mol. The summed E-state index contributed by atoms with van der Waals surface area (Å²) in [7, 11) is 1.00. The average molecular weight is 176 g/mol. The summed E-state index contributed by atoms with van der Waals surface area (Å²) >= 11 is 0. The Bertz CT molecular complexity index is 72.3. The minimum absolute atomic E-state index is 0.833. The maximum Gasteiger partial charge on any atom is 0.300 e. The number of aliphatic carboxylic acids is 1. The molecule has 1 rings (SSSR count). The zero-order chi connectivity index (χ0) is 9.82. The summed E-state index contributed by atoms with van der Waals surface area (Å²) in [5.41, 5.74) is 0. The molecule has 0 unspecified atom stereocenters. The number of carbonyl (C=O) groups is 1. The van der Waals surface area contributed by atoms with Gasteiger partial charge in [-0.25, -0.2) is 0 Å². The number of rotatable bonds is 0. The van der Waals surface area contributed by atoms with Crippen LogP contribution in [0.25, 0.3) is 0 Å². The third-order valence-corrected chi connectivity index (χ3v) is 1.50. The van der Waals surface area contributed by atoms with Gasteiger partial charge in [0.1, 0.15) is 0 Å². The average Bonchev–Trinajstić information content (AvgIpc) is 2.10. The van der Waals surface area contributed by atoms with E-state index in [0.29, 0.717) is 0 Å². The molecule has 12 heavy (non-hydrogen) atoms. The summed E-state index contributed by atoms with van der Waals surface area (Å²) < 4.78 is 0. The van der Waals surface area contributed by atoms with Crippen molar-refractivity contribution in [2.75, 3.05) is 7.11 Å². The second kappa shape index (κ2) is 13.1. The van der Waals surface area contributed by atoms with E-state index in [-0.39, 0.29) is 0 Å². The first-order valence-electron chi connectivity index (χ1n) is 4.37. The van der Waals surface area contributed by atoms with E-state index in [4.69, 9.17) is 15.0 Å². The van der Waals surface area contributed by atoms with Gasteiger partial charge in [-0.15, -0.1) is 0 Å². The molecule has 1 saturated carbocycles. The first-order valence-corrected chi connectivity index (χ1v) is 4.37. The van der Waals surface area contributed by atoms with Crippen LogP contribution in [0.15, 0.2) is 0 Å². The van der Waals surface area contributed by atoms with Crippen molar-refractivity contribution in [2.45, 2.75) is 45.4 Å². The Hall–Kier alpha value is -0.570. The Morgan fingerprint density at radius 3 is 1.08 bits per heavy atom. The molecule has 0 atom stereocenters. The van der Waals surface area contributed by atoms with Gasteiger partial charge < -0.3 is 10.2 Å². The van der Waals surface area contributed by atoms with Crippen LogP contribution in [0.5, 0.6) is 0 Å². The molecule has 3 nitrogen and oxygen atoms in total. The van der Waals surface area contributed by atoms with E-state index in [2.05, 4.69) is 0 Å². The predicted octanol–water partition coefficient (Wildman–Crippen LogP) is 2.04. The highest BCUT2D eigenvalue weighted by Gasteiger charge is 1.95. The van der Waals surface area contributed by atoms with Gasteiger partial charge in [-0.1, -0.05) is 38.5 Å². The van der Waals surface area contributed by atoms with E-state index in [1.54, 1.807) is 0 Å². The van der Waals surface area contributed by atoms with E-state index in [1.165, 1.54) is 38.5 Å². The number of hydrogen-bond donors (Lipinski definition) is 2. The summed E-state index contributed by atoms with van der Waals surface area (Å²) in [5.74, 6) is -0.833. The smallest absolute Gasteiger partial charge is 0.300 e. The van der Waals surface area contributed by atoms with E-state index < -0.39 is 5.97 Å². The third kappa shape index (κ3) is 22.7. The van der Waals surface area contributed by atoms with Gasteiger partial charge in [0.25, 0.3) is 5.97 Å². The highest BCUT2D eigenvalue weighted by Crippen LogP contribution is 2.15. The van der Waals surface area contributed by atoms with Gasteiger partial charge in [-0.05, 0) is 0 Å². The topological polar surface area (TPSA) is 57.5 Å². The number of carboxylic acid groups (broad SMARTS) is 1. The Morgan fingerprint density at radius 2 is 1.00 bits per heavy atom. The summed E-state index contributed by atoms with van der Waals surface area (Å²) in [6, 6.07) is 0. The second-order valence-electron chi connectivity index (χ2n) is 2.64. The highest BCUT2D eigenvalue weighted by atomic mass is 16.4. The molecule has 0 aliphatic heterocycles. The summed E-state index contributed by atoms with van der Waals surface area (Å²) in [4.78, 5) is 9.00. The molecule has 1 aliphatic carbocycles. The largest absolute Gasteiger partial charge is 0.481 e. The van der Waals surface area contributed by atoms with Crippen LogP contribution >= 0.6 is 0 Å². The normalized spacial score (nSPS) is 14.6.